The Morgan fingerprint density at radius 3 is 2.94 bits per heavy atom. The van der Waals surface area contributed by atoms with Crippen LogP contribution in [0.1, 0.15) is 30.1 Å². The molecule has 1 aliphatic rings. The highest BCUT2D eigenvalue weighted by Crippen LogP contribution is 2.25. The maximum Gasteiger partial charge on any atom is 0.255 e. The zero-order valence-corrected chi connectivity index (χ0v) is 10.00. The number of hydrogen-bond donors (Lipinski definition) is 1. The first-order chi connectivity index (χ1) is 7.59. The van der Waals surface area contributed by atoms with E-state index in [1.54, 1.807) is 18.2 Å². The lowest BCUT2D eigenvalue weighted by Crippen LogP contribution is -2.33. The molecule has 86 valence electrons. The molecule has 1 amide bonds. The van der Waals surface area contributed by atoms with Crippen LogP contribution in [0.4, 0.5) is 5.69 Å². The number of likely N-dealkylation sites (tertiary alicyclic amines) is 1. The van der Waals surface area contributed by atoms with Crippen LogP contribution >= 0.6 is 11.6 Å². The largest absolute Gasteiger partial charge is 0.399 e. The number of rotatable bonds is 1. The molecule has 1 fully saturated rings. The van der Waals surface area contributed by atoms with Gasteiger partial charge in [0.05, 0.1) is 10.6 Å². The highest BCUT2D eigenvalue weighted by atomic mass is 35.5. The third-order valence-electron chi connectivity index (χ3n) is 3.03. The molecule has 1 aromatic rings. The quantitative estimate of drug-likeness (QED) is 0.765. The molecule has 2 N–H and O–H groups in total. The summed E-state index contributed by atoms with van der Waals surface area (Å²) in [5.74, 6) is -0.0118. The Morgan fingerprint density at radius 1 is 1.56 bits per heavy atom. The lowest BCUT2D eigenvalue weighted by molar-refractivity contribution is 0.0747. The molecule has 16 heavy (non-hydrogen) atoms. The number of carbonyl (C=O) groups excluding carboxylic acids is 1. The van der Waals surface area contributed by atoms with E-state index in [1.165, 1.54) is 0 Å². The number of nitrogens with zero attached hydrogens (tertiary/aromatic N) is 1. The number of nitrogens with two attached hydrogens (primary N) is 1. The predicted octanol–water partition coefficient (Wildman–Crippen LogP) is 2.55. The maximum atomic E-state index is 12.2. The molecule has 0 spiro atoms. The van der Waals surface area contributed by atoms with Gasteiger partial charge in [0.1, 0.15) is 0 Å². The van der Waals surface area contributed by atoms with Crippen molar-refractivity contribution in [3.63, 3.8) is 0 Å². The van der Waals surface area contributed by atoms with E-state index < -0.39 is 0 Å². The van der Waals surface area contributed by atoms with Crippen LogP contribution < -0.4 is 5.73 Å². The molecule has 0 bridgehead atoms. The fraction of sp³-hybridized carbons (Fsp3) is 0.417. The van der Waals surface area contributed by atoms with Crippen LogP contribution in [0.3, 0.4) is 0 Å². The highest BCUT2D eigenvalue weighted by molar-refractivity contribution is 6.34. The molecular formula is C12H15ClN2O. The van der Waals surface area contributed by atoms with Gasteiger partial charge in [-0.05, 0) is 38.0 Å². The molecule has 4 heteroatoms. The summed E-state index contributed by atoms with van der Waals surface area (Å²) in [5.41, 5.74) is 6.75. The standard InChI is InChI=1S/C12H15ClN2O/c1-8-3-2-6-15(8)12(16)10-7-9(14)4-5-11(10)13/h4-5,7-8H,2-3,6,14H2,1H3. The summed E-state index contributed by atoms with van der Waals surface area (Å²) in [7, 11) is 0. The second-order valence-electron chi connectivity index (χ2n) is 4.23. The van der Waals surface area contributed by atoms with E-state index in [4.69, 9.17) is 17.3 Å². The van der Waals surface area contributed by atoms with Crippen molar-refractivity contribution in [3.05, 3.63) is 28.8 Å². The van der Waals surface area contributed by atoms with Crippen LogP contribution in [-0.2, 0) is 0 Å². The van der Waals surface area contributed by atoms with Gasteiger partial charge in [-0.3, -0.25) is 4.79 Å². The van der Waals surface area contributed by atoms with E-state index in [0.717, 1.165) is 19.4 Å². The molecular weight excluding hydrogens is 224 g/mol. The Balaban J connectivity index is 2.29. The first-order valence-electron chi connectivity index (χ1n) is 5.45. The molecule has 0 aliphatic carbocycles. The topological polar surface area (TPSA) is 46.3 Å². The third kappa shape index (κ3) is 2.00. The Bertz CT molecular complexity index is 419. The smallest absolute Gasteiger partial charge is 0.255 e. The predicted molar refractivity (Wildman–Crippen MR) is 65.6 cm³/mol. The summed E-state index contributed by atoms with van der Waals surface area (Å²) in [4.78, 5) is 14.1. The lowest BCUT2D eigenvalue weighted by Gasteiger charge is -2.22. The molecule has 0 radical (unpaired) electrons. The highest BCUT2D eigenvalue weighted by Gasteiger charge is 2.27. The second kappa shape index (κ2) is 4.34. The Kier molecular flexibility index (Phi) is 3.06. The normalized spacial score (nSPS) is 20.1. The van der Waals surface area contributed by atoms with Crippen LogP contribution in [0, 0.1) is 0 Å². The average molecular weight is 239 g/mol. The van der Waals surface area contributed by atoms with E-state index >= 15 is 0 Å². The van der Waals surface area contributed by atoms with Crippen molar-refractivity contribution in [3.8, 4) is 0 Å². The number of carbonyl (C=O) groups is 1. The van der Waals surface area contributed by atoms with E-state index in [2.05, 4.69) is 6.92 Å². The number of halogens is 1. The summed E-state index contributed by atoms with van der Waals surface area (Å²) in [6.07, 6.45) is 2.12. The maximum absolute atomic E-state index is 12.2. The minimum absolute atomic E-state index is 0.0118. The van der Waals surface area contributed by atoms with Crippen molar-refractivity contribution in [2.75, 3.05) is 12.3 Å². The van der Waals surface area contributed by atoms with Gasteiger partial charge in [0.15, 0.2) is 0 Å². The number of amides is 1. The van der Waals surface area contributed by atoms with E-state index in [9.17, 15) is 4.79 Å². The molecule has 1 aliphatic heterocycles. The molecule has 0 aromatic heterocycles. The Morgan fingerprint density at radius 2 is 2.31 bits per heavy atom. The first kappa shape index (κ1) is 11.3. The second-order valence-corrected chi connectivity index (χ2v) is 4.64. The molecule has 2 rings (SSSR count). The van der Waals surface area contributed by atoms with Crippen molar-refractivity contribution in [1.29, 1.82) is 0 Å². The van der Waals surface area contributed by atoms with Crippen molar-refractivity contribution in [2.24, 2.45) is 0 Å². The zero-order chi connectivity index (χ0) is 11.7. The van der Waals surface area contributed by atoms with E-state index in [-0.39, 0.29) is 5.91 Å². The Hall–Kier alpha value is -1.22. The fourth-order valence-electron chi connectivity index (χ4n) is 2.10. The van der Waals surface area contributed by atoms with Crippen LogP contribution in [0.25, 0.3) is 0 Å². The fourth-order valence-corrected chi connectivity index (χ4v) is 2.29. The van der Waals surface area contributed by atoms with Gasteiger partial charge < -0.3 is 10.6 Å². The summed E-state index contributed by atoms with van der Waals surface area (Å²) in [5, 5.41) is 0.471. The van der Waals surface area contributed by atoms with Gasteiger partial charge in [0, 0.05) is 18.3 Å². The van der Waals surface area contributed by atoms with Gasteiger partial charge in [-0.1, -0.05) is 11.6 Å². The van der Waals surface area contributed by atoms with Gasteiger partial charge >= 0.3 is 0 Å². The van der Waals surface area contributed by atoms with Gasteiger partial charge in [-0.15, -0.1) is 0 Å². The van der Waals surface area contributed by atoms with Crippen LogP contribution in [0.2, 0.25) is 5.02 Å². The molecule has 1 atom stereocenters. The summed E-state index contributed by atoms with van der Waals surface area (Å²) >= 11 is 6.01. The number of hydrogen-bond acceptors (Lipinski definition) is 2. The van der Waals surface area contributed by atoms with Crippen LogP contribution in [0.5, 0.6) is 0 Å². The monoisotopic (exact) mass is 238 g/mol. The summed E-state index contributed by atoms with van der Waals surface area (Å²) in [6.45, 7) is 2.87. The number of anilines is 1. The minimum Gasteiger partial charge on any atom is -0.399 e. The molecule has 3 nitrogen and oxygen atoms in total. The minimum atomic E-state index is -0.0118. The van der Waals surface area contributed by atoms with Crippen molar-refractivity contribution < 1.29 is 4.79 Å². The number of nitrogen functional groups attached to an aromatic ring is 1. The number of benzene rings is 1. The SMILES string of the molecule is CC1CCCN1C(=O)c1cc(N)ccc1Cl. The summed E-state index contributed by atoms with van der Waals surface area (Å²) in [6, 6.07) is 5.32. The van der Waals surface area contributed by atoms with E-state index in [1.807, 2.05) is 4.90 Å². The van der Waals surface area contributed by atoms with Gasteiger partial charge in [-0.2, -0.15) is 0 Å². The van der Waals surface area contributed by atoms with Gasteiger partial charge in [0.2, 0.25) is 0 Å². The average Bonchev–Trinajstić information content (AvgIpc) is 2.67. The van der Waals surface area contributed by atoms with E-state index in [0.29, 0.717) is 22.3 Å². The molecule has 1 unspecified atom stereocenters. The van der Waals surface area contributed by atoms with Crippen molar-refractivity contribution >= 4 is 23.2 Å². The molecule has 1 saturated heterocycles. The lowest BCUT2D eigenvalue weighted by atomic mass is 10.1. The third-order valence-corrected chi connectivity index (χ3v) is 3.36. The van der Waals surface area contributed by atoms with Gasteiger partial charge in [-0.25, -0.2) is 0 Å². The molecule has 0 saturated carbocycles. The zero-order valence-electron chi connectivity index (χ0n) is 9.24. The van der Waals surface area contributed by atoms with Gasteiger partial charge in [0.25, 0.3) is 5.91 Å². The molecule has 1 aromatic carbocycles. The molecule has 1 heterocycles. The van der Waals surface area contributed by atoms with Crippen LogP contribution in [-0.4, -0.2) is 23.4 Å². The van der Waals surface area contributed by atoms with Crippen molar-refractivity contribution in [1.82, 2.24) is 4.90 Å². The van der Waals surface area contributed by atoms with Crippen LogP contribution in [0.15, 0.2) is 18.2 Å². The Labute approximate surface area is 100 Å². The first-order valence-corrected chi connectivity index (χ1v) is 5.83. The van der Waals surface area contributed by atoms with Crippen molar-refractivity contribution in [2.45, 2.75) is 25.8 Å². The summed E-state index contributed by atoms with van der Waals surface area (Å²) < 4.78 is 0.